The number of rotatable bonds is 5. The smallest absolute Gasteiger partial charge is 0.305 e. The lowest BCUT2D eigenvalue weighted by Gasteiger charge is -2.25. The van der Waals surface area contributed by atoms with Crippen molar-refractivity contribution in [3.8, 4) is 0 Å². The Morgan fingerprint density at radius 1 is 1.08 bits per heavy atom. The van der Waals surface area contributed by atoms with E-state index in [-0.39, 0.29) is 11.1 Å². The van der Waals surface area contributed by atoms with E-state index in [0.29, 0.717) is 5.56 Å². The average Bonchev–Trinajstić information content (AvgIpc) is 2.84. The molecular weight excluding hydrogens is 328 g/mol. The van der Waals surface area contributed by atoms with Gasteiger partial charge in [0.25, 0.3) is 17.5 Å². The maximum absolute atomic E-state index is 12.7. The third-order valence-corrected chi connectivity index (χ3v) is 3.99. The van der Waals surface area contributed by atoms with Crippen molar-refractivity contribution in [1.82, 2.24) is 4.90 Å². The number of carbonyl (C=O) groups is 3. The molecule has 1 aliphatic heterocycles. The van der Waals surface area contributed by atoms with Gasteiger partial charge >= 0.3 is 5.97 Å². The molecular formula is C17H12N2O6. The van der Waals surface area contributed by atoms with E-state index < -0.39 is 40.9 Å². The van der Waals surface area contributed by atoms with Gasteiger partial charge in [-0.15, -0.1) is 0 Å². The lowest BCUT2D eigenvalue weighted by molar-refractivity contribution is -0.385. The second-order valence-electron chi connectivity index (χ2n) is 5.46. The van der Waals surface area contributed by atoms with Crippen molar-refractivity contribution in [1.29, 1.82) is 0 Å². The van der Waals surface area contributed by atoms with Crippen LogP contribution in [0.5, 0.6) is 0 Å². The Labute approximate surface area is 141 Å². The highest BCUT2D eigenvalue weighted by Gasteiger charge is 2.45. The average molecular weight is 340 g/mol. The molecule has 1 atom stereocenters. The van der Waals surface area contributed by atoms with Gasteiger partial charge in [0.2, 0.25) is 0 Å². The van der Waals surface area contributed by atoms with Crippen LogP contribution in [-0.2, 0) is 4.79 Å². The number of nitro groups is 1. The van der Waals surface area contributed by atoms with Crippen molar-refractivity contribution < 1.29 is 24.4 Å². The highest BCUT2D eigenvalue weighted by atomic mass is 16.6. The van der Waals surface area contributed by atoms with Crippen LogP contribution in [0.3, 0.4) is 0 Å². The molecule has 3 rings (SSSR count). The van der Waals surface area contributed by atoms with Crippen LogP contribution in [-0.4, -0.2) is 32.7 Å². The maximum atomic E-state index is 12.7. The quantitative estimate of drug-likeness (QED) is 0.507. The second kappa shape index (κ2) is 6.16. The van der Waals surface area contributed by atoms with Crippen LogP contribution in [0, 0.1) is 10.1 Å². The Morgan fingerprint density at radius 2 is 1.76 bits per heavy atom. The molecule has 8 nitrogen and oxygen atoms in total. The molecule has 0 bridgehead atoms. The second-order valence-corrected chi connectivity index (χ2v) is 5.46. The van der Waals surface area contributed by atoms with Crippen molar-refractivity contribution in [3.05, 3.63) is 75.3 Å². The number of fused-ring (bicyclic) bond motifs is 1. The molecule has 1 aliphatic rings. The number of carboxylic acids is 1. The summed E-state index contributed by atoms with van der Waals surface area (Å²) in [6, 6.07) is 11.0. The van der Waals surface area contributed by atoms with Crippen molar-refractivity contribution >= 4 is 23.5 Å². The first-order valence-electron chi connectivity index (χ1n) is 7.34. The van der Waals surface area contributed by atoms with Crippen molar-refractivity contribution in [2.24, 2.45) is 0 Å². The molecule has 2 amide bonds. The van der Waals surface area contributed by atoms with Crippen molar-refractivity contribution in [2.45, 2.75) is 12.5 Å². The largest absolute Gasteiger partial charge is 0.481 e. The van der Waals surface area contributed by atoms with E-state index in [1.807, 2.05) is 0 Å². The SMILES string of the molecule is O=C(O)C[C@H](c1ccccc1)N1C(=O)c2cccc([N+](=O)[O-])c2C1=O. The summed E-state index contributed by atoms with van der Waals surface area (Å²) < 4.78 is 0. The van der Waals surface area contributed by atoms with Crippen molar-refractivity contribution in [2.75, 3.05) is 0 Å². The van der Waals surface area contributed by atoms with Gasteiger partial charge in [0.15, 0.2) is 0 Å². The number of nitrogens with zero attached hydrogens (tertiary/aromatic N) is 2. The van der Waals surface area contributed by atoms with Gasteiger partial charge in [0.1, 0.15) is 5.56 Å². The monoisotopic (exact) mass is 340 g/mol. The van der Waals surface area contributed by atoms with Gasteiger partial charge < -0.3 is 5.11 Å². The van der Waals surface area contributed by atoms with Crippen molar-refractivity contribution in [3.63, 3.8) is 0 Å². The van der Waals surface area contributed by atoms with Gasteiger partial charge in [-0.1, -0.05) is 36.4 Å². The summed E-state index contributed by atoms with van der Waals surface area (Å²) in [5.74, 6) is -2.79. The zero-order chi connectivity index (χ0) is 18.1. The predicted octanol–water partition coefficient (Wildman–Crippen LogP) is 2.41. The van der Waals surface area contributed by atoms with Gasteiger partial charge in [-0.2, -0.15) is 0 Å². The number of benzene rings is 2. The number of carboxylic acid groups (broad SMARTS) is 1. The number of amides is 2. The maximum Gasteiger partial charge on any atom is 0.305 e. The number of imide groups is 1. The Morgan fingerprint density at radius 3 is 2.36 bits per heavy atom. The number of carbonyl (C=O) groups excluding carboxylic acids is 2. The minimum atomic E-state index is -1.19. The molecule has 0 saturated heterocycles. The summed E-state index contributed by atoms with van der Waals surface area (Å²) in [7, 11) is 0. The van der Waals surface area contributed by atoms with Crippen LogP contribution < -0.4 is 0 Å². The molecule has 0 spiro atoms. The number of hydrogen-bond donors (Lipinski definition) is 1. The van der Waals surface area contributed by atoms with Gasteiger partial charge in [-0.05, 0) is 11.6 Å². The Balaban J connectivity index is 2.11. The summed E-state index contributed by atoms with van der Waals surface area (Å²) in [4.78, 5) is 47.9. The first kappa shape index (κ1) is 16.3. The van der Waals surface area contributed by atoms with E-state index in [9.17, 15) is 29.6 Å². The first-order valence-corrected chi connectivity index (χ1v) is 7.34. The molecule has 0 aliphatic carbocycles. The highest BCUT2D eigenvalue weighted by molar-refractivity contribution is 6.23. The minimum absolute atomic E-state index is 0.0921. The standard InChI is InChI=1S/C17H12N2O6/c20-14(21)9-13(10-5-2-1-3-6-10)18-16(22)11-7-4-8-12(19(24)25)15(11)17(18)23/h1-8,13H,9H2,(H,20,21)/t13-/m1/s1. The molecule has 0 unspecified atom stereocenters. The normalized spacial score (nSPS) is 14.3. The molecule has 2 aromatic rings. The molecule has 25 heavy (non-hydrogen) atoms. The fourth-order valence-corrected chi connectivity index (χ4v) is 2.92. The van der Waals surface area contributed by atoms with Gasteiger partial charge in [0.05, 0.1) is 22.9 Å². The zero-order valence-electron chi connectivity index (χ0n) is 12.8. The van der Waals surface area contributed by atoms with Gasteiger partial charge in [-0.25, -0.2) is 0 Å². The van der Waals surface area contributed by atoms with Crippen LogP contribution in [0.4, 0.5) is 5.69 Å². The third-order valence-electron chi connectivity index (χ3n) is 3.99. The fraction of sp³-hybridized carbons (Fsp3) is 0.118. The number of hydrogen-bond acceptors (Lipinski definition) is 5. The van der Waals surface area contributed by atoms with E-state index in [1.54, 1.807) is 30.3 Å². The van der Waals surface area contributed by atoms with Gasteiger partial charge in [-0.3, -0.25) is 29.4 Å². The molecule has 1 heterocycles. The fourth-order valence-electron chi connectivity index (χ4n) is 2.92. The Hall–Kier alpha value is -3.55. The topological polar surface area (TPSA) is 118 Å². The lowest BCUT2D eigenvalue weighted by Crippen LogP contribution is -2.35. The molecule has 2 aromatic carbocycles. The summed E-state index contributed by atoms with van der Waals surface area (Å²) in [5.41, 5.74) is -0.406. The van der Waals surface area contributed by atoms with E-state index >= 15 is 0 Å². The van der Waals surface area contributed by atoms with E-state index in [4.69, 9.17) is 0 Å². The number of aliphatic carboxylic acids is 1. The molecule has 0 saturated carbocycles. The molecule has 0 fully saturated rings. The first-order chi connectivity index (χ1) is 11.9. The molecule has 0 radical (unpaired) electrons. The molecule has 8 heteroatoms. The zero-order valence-corrected chi connectivity index (χ0v) is 12.8. The molecule has 126 valence electrons. The summed E-state index contributed by atoms with van der Waals surface area (Å²) >= 11 is 0. The van der Waals surface area contributed by atoms with E-state index in [2.05, 4.69) is 0 Å². The van der Waals surface area contributed by atoms with Gasteiger partial charge in [0, 0.05) is 6.07 Å². The molecule has 1 N–H and O–H groups in total. The Bertz CT molecular complexity index is 893. The number of nitro benzene ring substituents is 1. The molecule has 0 aromatic heterocycles. The summed E-state index contributed by atoms with van der Waals surface area (Å²) in [6.45, 7) is 0. The Kier molecular flexibility index (Phi) is 4.02. The summed E-state index contributed by atoms with van der Waals surface area (Å²) in [5, 5.41) is 20.3. The predicted molar refractivity (Wildman–Crippen MR) is 85.0 cm³/mol. The summed E-state index contributed by atoms with van der Waals surface area (Å²) in [6.07, 6.45) is -0.497. The van der Waals surface area contributed by atoms with Crippen LogP contribution in [0.2, 0.25) is 0 Å². The van der Waals surface area contributed by atoms with Crippen LogP contribution in [0.1, 0.15) is 38.7 Å². The third kappa shape index (κ3) is 2.74. The van der Waals surface area contributed by atoms with E-state index in [0.717, 1.165) is 11.0 Å². The lowest BCUT2D eigenvalue weighted by atomic mass is 10.0. The van der Waals surface area contributed by atoms with Crippen LogP contribution >= 0.6 is 0 Å². The van der Waals surface area contributed by atoms with Crippen LogP contribution in [0.15, 0.2) is 48.5 Å². The minimum Gasteiger partial charge on any atom is -0.481 e. The van der Waals surface area contributed by atoms with E-state index in [1.165, 1.54) is 12.1 Å². The van der Waals surface area contributed by atoms with Crippen LogP contribution in [0.25, 0.3) is 0 Å². The highest BCUT2D eigenvalue weighted by Crippen LogP contribution is 2.37.